The molecular weight excluding hydrogens is 248 g/mol. The fraction of sp³-hybridized carbons (Fsp3) is 0.571. The molecule has 0 saturated carbocycles. The monoisotopic (exact) mass is 270 g/mol. The van der Waals surface area contributed by atoms with Crippen LogP contribution in [0.15, 0.2) is 24.3 Å². The highest BCUT2D eigenvalue weighted by molar-refractivity contribution is 5.85. The maximum absolute atomic E-state index is 9.28. The lowest BCUT2D eigenvalue weighted by Gasteiger charge is -2.35. The number of piperazine rings is 1. The summed E-state index contributed by atoms with van der Waals surface area (Å²) >= 11 is 0. The Balaban J connectivity index is 0.00000162. The van der Waals surface area contributed by atoms with E-state index in [1.165, 1.54) is 11.1 Å². The molecule has 1 aromatic carbocycles. The van der Waals surface area contributed by atoms with E-state index >= 15 is 0 Å². The van der Waals surface area contributed by atoms with Gasteiger partial charge in [0.05, 0.1) is 0 Å². The van der Waals surface area contributed by atoms with Gasteiger partial charge in [-0.05, 0) is 24.5 Å². The molecule has 1 fully saturated rings. The lowest BCUT2D eigenvalue weighted by atomic mass is 9.97. The summed E-state index contributed by atoms with van der Waals surface area (Å²) in [7, 11) is 0. The van der Waals surface area contributed by atoms with Crippen LogP contribution in [0.3, 0.4) is 0 Å². The van der Waals surface area contributed by atoms with Crippen LogP contribution in [0.1, 0.15) is 23.6 Å². The van der Waals surface area contributed by atoms with Gasteiger partial charge in [-0.25, -0.2) is 0 Å². The van der Waals surface area contributed by atoms with E-state index in [0.717, 1.165) is 32.6 Å². The summed E-state index contributed by atoms with van der Waals surface area (Å²) in [6.07, 6.45) is 0.824. The molecule has 1 aliphatic heterocycles. The quantitative estimate of drug-likeness (QED) is 0.875. The second-order valence-electron chi connectivity index (χ2n) is 4.67. The molecule has 3 nitrogen and oxygen atoms in total. The Morgan fingerprint density at radius 2 is 1.94 bits per heavy atom. The van der Waals surface area contributed by atoms with E-state index in [9.17, 15) is 5.11 Å². The van der Waals surface area contributed by atoms with E-state index in [0.29, 0.717) is 6.04 Å². The lowest BCUT2D eigenvalue weighted by Crippen LogP contribution is -2.45. The SMILES string of the molecule is Cc1ccccc1[C@H](CCO)N1CCNCC1.Cl. The van der Waals surface area contributed by atoms with Crippen LogP contribution in [-0.4, -0.2) is 42.8 Å². The zero-order valence-electron chi connectivity index (χ0n) is 10.9. The molecule has 0 aromatic heterocycles. The zero-order chi connectivity index (χ0) is 12.1. The van der Waals surface area contributed by atoms with Crippen LogP contribution >= 0.6 is 12.4 Å². The second-order valence-corrected chi connectivity index (χ2v) is 4.67. The average Bonchev–Trinajstić information content (AvgIpc) is 2.38. The number of halogens is 1. The van der Waals surface area contributed by atoms with Crippen LogP contribution in [-0.2, 0) is 0 Å². The van der Waals surface area contributed by atoms with Gasteiger partial charge in [-0.15, -0.1) is 12.4 Å². The molecule has 1 atom stereocenters. The molecule has 1 saturated heterocycles. The van der Waals surface area contributed by atoms with Crippen molar-refractivity contribution in [3.05, 3.63) is 35.4 Å². The number of hydrogen-bond acceptors (Lipinski definition) is 3. The van der Waals surface area contributed by atoms with Crippen LogP contribution < -0.4 is 5.32 Å². The van der Waals surface area contributed by atoms with Crippen molar-refractivity contribution in [2.24, 2.45) is 0 Å². The van der Waals surface area contributed by atoms with Gasteiger partial charge < -0.3 is 10.4 Å². The molecule has 1 heterocycles. The van der Waals surface area contributed by atoms with Crippen molar-refractivity contribution >= 4 is 12.4 Å². The molecule has 102 valence electrons. The van der Waals surface area contributed by atoms with Gasteiger partial charge in [0.15, 0.2) is 0 Å². The largest absolute Gasteiger partial charge is 0.396 e. The van der Waals surface area contributed by atoms with Crippen LogP contribution in [0.5, 0.6) is 0 Å². The third-order valence-corrected chi connectivity index (χ3v) is 3.54. The van der Waals surface area contributed by atoms with E-state index in [-0.39, 0.29) is 19.0 Å². The number of aryl methyl sites for hydroxylation is 1. The normalized spacial score (nSPS) is 18.1. The first-order valence-electron chi connectivity index (χ1n) is 6.44. The summed E-state index contributed by atoms with van der Waals surface area (Å²) in [6, 6.07) is 8.88. The highest BCUT2D eigenvalue weighted by Gasteiger charge is 2.22. The summed E-state index contributed by atoms with van der Waals surface area (Å²) in [5.74, 6) is 0. The van der Waals surface area contributed by atoms with Crippen molar-refractivity contribution in [1.29, 1.82) is 0 Å². The number of nitrogens with zero attached hydrogens (tertiary/aromatic N) is 1. The molecule has 0 radical (unpaired) electrons. The smallest absolute Gasteiger partial charge is 0.0449 e. The van der Waals surface area contributed by atoms with E-state index in [1.54, 1.807) is 0 Å². The number of aliphatic hydroxyl groups excluding tert-OH is 1. The minimum Gasteiger partial charge on any atom is -0.396 e. The molecular formula is C14H23ClN2O. The Bertz CT molecular complexity index is 353. The lowest BCUT2D eigenvalue weighted by molar-refractivity contribution is 0.140. The first kappa shape index (κ1) is 15.4. The first-order valence-corrected chi connectivity index (χ1v) is 6.44. The first-order chi connectivity index (χ1) is 8.33. The predicted octanol–water partition coefficient (Wildman–Crippen LogP) is 1.75. The maximum atomic E-state index is 9.28. The standard InChI is InChI=1S/C14H22N2O.ClH/c1-12-4-2-3-5-13(12)14(6-11-17)16-9-7-15-8-10-16;/h2-5,14-15,17H,6-11H2,1H3;1H/t14-;/m0./s1. The van der Waals surface area contributed by atoms with Crippen molar-refractivity contribution in [1.82, 2.24) is 10.2 Å². The minimum atomic E-state index is 0. The highest BCUT2D eigenvalue weighted by atomic mass is 35.5. The Morgan fingerprint density at radius 1 is 1.28 bits per heavy atom. The topological polar surface area (TPSA) is 35.5 Å². The summed E-state index contributed by atoms with van der Waals surface area (Å²) in [6.45, 7) is 6.64. The average molecular weight is 271 g/mol. The van der Waals surface area contributed by atoms with Crippen molar-refractivity contribution in [2.75, 3.05) is 32.8 Å². The number of aliphatic hydroxyl groups is 1. The minimum absolute atomic E-state index is 0. The summed E-state index contributed by atoms with van der Waals surface area (Å²) in [5, 5.41) is 12.7. The number of hydrogen-bond donors (Lipinski definition) is 2. The van der Waals surface area contributed by atoms with Crippen LogP contribution in [0.25, 0.3) is 0 Å². The van der Waals surface area contributed by atoms with Crippen LogP contribution in [0.2, 0.25) is 0 Å². The molecule has 2 rings (SSSR count). The van der Waals surface area contributed by atoms with Gasteiger partial charge in [-0.2, -0.15) is 0 Å². The molecule has 2 N–H and O–H groups in total. The van der Waals surface area contributed by atoms with E-state index < -0.39 is 0 Å². The van der Waals surface area contributed by atoms with E-state index in [4.69, 9.17) is 0 Å². The van der Waals surface area contributed by atoms with Crippen molar-refractivity contribution < 1.29 is 5.11 Å². The van der Waals surface area contributed by atoms with Gasteiger partial charge in [-0.1, -0.05) is 24.3 Å². The van der Waals surface area contributed by atoms with Gasteiger partial charge >= 0.3 is 0 Å². The number of nitrogens with one attached hydrogen (secondary N) is 1. The third-order valence-electron chi connectivity index (χ3n) is 3.54. The molecule has 18 heavy (non-hydrogen) atoms. The number of rotatable bonds is 4. The molecule has 0 amide bonds. The second kappa shape index (κ2) is 7.74. The Labute approximate surface area is 116 Å². The Kier molecular flexibility index (Phi) is 6.65. The van der Waals surface area contributed by atoms with Crippen LogP contribution in [0.4, 0.5) is 0 Å². The molecule has 4 heteroatoms. The summed E-state index contributed by atoms with van der Waals surface area (Å²) in [4.78, 5) is 2.48. The predicted molar refractivity (Wildman–Crippen MR) is 77.3 cm³/mol. The molecule has 0 unspecified atom stereocenters. The summed E-state index contributed by atoms with van der Waals surface area (Å²) in [5.41, 5.74) is 2.69. The van der Waals surface area contributed by atoms with Crippen molar-refractivity contribution in [2.45, 2.75) is 19.4 Å². The Morgan fingerprint density at radius 3 is 2.56 bits per heavy atom. The molecule has 0 spiro atoms. The molecule has 0 bridgehead atoms. The summed E-state index contributed by atoms with van der Waals surface area (Å²) < 4.78 is 0. The molecule has 1 aliphatic rings. The van der Waals surface area contributed by atoms with Gasteiger partial charge in [0.1, 0.15) is 0 Å². The van der Waals surface area contributed by atoms with Gasteiger partial charge in [0, 0.05) is 38.8 Å². The van der Waals surface area contributed by atoms with Crippen molar-refractivity contribution in [3.63, 3.8) is 0 Å². The van der Waals surface area contributed by atoms with E-state index in [1.807, 2.05) is 0 Å². The van der Waals surface area contributed by atoms with Crippen LogP contribution in [0, 0.1) is 6.92 Å². The highest BCUT2D eigenvalue weighted by Crippen LogP contribution is 2.26. The van der Waals surface area contributed by atoms with Crippen molar-refractivity contribution in [3.8, 4) is 0 Å². The van der Waals surface area contributed by atoms with E-state index in [2.05, 4.69) is 41.4 Å². The van der Waals surface area contributed by atoms with Gasteiger partial charge in [0.25, 0.3) is 0 Å². The Hall–Kier alpha value is -0.610. The zero-order valence-corrected chi connectivity index (χ0v) is 11.7. The third kappa shape index (κ3) is 3.69. The van der Waals surface area contributed by atoms with Gasteiger partial charge in [-0.3, -0.25) is 4.90 Å². The maximum Gasteiger partial charge on any atom is 0.0449 e. The molecule has 1 aromatic rings. The van der Waals surface area contributed by atoms with Gasteiger partial charge in [0.2, 0.25) is 0 Å². The fourth-order valence-corrected chi connectivity index (χ4v) is 2.61. The molecule has 0 aliphatic carbocycles. The number of benzene rings is 1. The fourth-order valence-electron chi connectivity index (χ4n) is 2.61.